The molecule has 2 N–H and O–H groups in total. The molecule has 1 saturated heterocycles. The highest BCUT2D eigenvalue weighted by atomic mass is 35.5. The van der Waals surface area contributed by atoms with Gasteiger partial charge in [0.05, 0.1) is 21.9 Å². The molecule has 1 aliphatic heterocycles. The summed E-state index contributed by atoms with van der Waals surface area (Å²) < 4.78 is 5.94. The van der Waals surface area contributed by atoms with Crippen LogP contribution >= 0.6 is 34.5 Å². The number of thiophene rings is 1. The summed E-state index contributed by atoms with van der Waals surface area (Å²) >= 11 is 12.9. The first kappa shape index (κ1) is 15.6. The normalized spacial score (nSPS) is 17.7. The van der Waals surface area contributed by atoms with Gasteiger partial charge >= 0.3 is 5.97 Å². The lowest BCUT2D eigenvalue weighted by atomic mass is 9.86. The summed E-state index contributed by atoms with van der Waals surface area (Å²) in [7, 11) is 0. The molecule has 2 rings (SSSR count). The third-order valence-electron chi connectivity index (χ3n) is 3.22. The molecule has 2 heterocycles. The zero-order valence-corrected chi connectivity index (χ0v) is 12.8. The largest absolute Gasteiger partial charge is 0.481 e. The predicted molar refractivity (Wildman–Crippen MR) is 76.8 cm³/mol. The maximum absolute atomic E-state index is 12.3. The van der Waals surface area contributed by atoms with Crippen LogP contribution in [-0.2, 0) is 9.53 Å². The molecule has 110 valence electrons. The molecule has 8 heteroatoms. The van der Waals surface area contributed by atoms with Crippen LogP contribution in [0.25, 0.3) is 0 Å². The molecule has 20 heavy (non-hydrogen) atoms. The zero-order chi connectivity index (χ0) is 14.8. The maximum Gasteiger partial charge on any atom is 0.305 e. The molecular formula is C12H13Cl2NO4S. The van der Waals surface area contributed by atoms with Crippen molar-refractivity contribution >= 4 is 46.4 Å². The Balaban J connectivity index is 2.17. The van der Waals surface area contributed by atoms with Crippen molar-refractivity contribution in [1.82, 2.24) is 5.32 Å². The Morgan fingerprint density at radius 2 is 2.05 bits per heavy atom. The number of aliphatic carboxylic acids is 1. The first-order valence-corrected chi connectivity index (χ1v) is 7.56. The van der Waals surface area contributed by atoms with Crippen molar-refractivity contribution in [3.8, 4) is 0 Å². The van der Waals surface area contributed by atoms with E-state index in [1.165, 1.54) is 6.07 Å². The second-order valence-corrected chi connectivity index (χ2v) is 6.94. The monoisotopic (exact) mass is 337 g/mol. The molecule has 0 spiro atoms. The van der Waals surface area contributed by atoms with Crippen molar-refractivity contribution in [3.05, 3.63) is 20.3 Å². The average molecular weight is 338 g/mol. The van der Waals surface area contributed by atoms with Crippen LogP contribution in [-0.4, -0.2) is 35.7 Å². The average Bonchev–Trinajstić information content (AvgIpc) is 2.68. The fourth-order valence-corrected chi connectivity index (χ4v) is 3.66. The Kier molecular flexibility index (Phi) is 4.90. The molecule has 0 bridgehead atoms. The van der Waals surface area contributed by atoms with Gasteiger partial charge in [0.15, 0.2) is 0 Å². The summed E-state index contributed by atoms with van der Waals surface area (Å²) in [5.74, 6) is -1.36. The first-order chi connectivity index (χ1) is 9.42. The zero-order valence-electron chi connectivity index (χ0n) is 10.4. The number of carboxylic acid groups (broad SMARTS) is 1. The van der Waals surface area contributed by atoms with Gasteiger partial charge in [-0.1, -0.05) is 23.2 Å². The molecule has 1 amide bonds. The van der Waals surface area contributed by atoms with Crippen LogP contribution in [0.1, 0.15) is 29.6 Å². The van der Waals surface area contributed by atoms with Gasteiger partial charge in [-0.25, -0.2) is 0 Å². The number of rotatable bonds is 4. The Hall–Kier alpha value is -0.820. The van der Waals surface area contributed by atoms with Crippen molar-refractivity contribution in [3.63, 3.8) is 0 Å². The minimum absolute atomic E-state index is 0.141. The Labute approximate surface area is 129 Å². The summed E-state index contributed by atoms with van der Waals surface area (Å²) in [6.07, 6.45) is 0.776. The molecule has 0 radical (unpaired) electrons. The van der Waals surface area contributed by atoms with Gasteiger partial charge in [0.1, 0.15) is 4.34 Å². The van der Waals surface area contributed by atoms with E-state index in [4.69, 9.17) is 33.0 Å². The number of hydrogen-bond acceptors (Lipinski definition) is 4. The van der Waals surface area contributed by atoms with Crippen LogP contribution < -0.4 is 5.32 Å². The molecular weight excluding hydrogens is 325 g/mol. The summed E-state index contributed by atoms with van der Waals surface area (Å²) in [6, 6.07) is 1.48. The van der Waals surface area contributed by atoms with Crippen molar-refractivity contribution in [2.45, 2.75) is 24.8 Å². The van der Waals surface area contributed by atoms with Crippen molar-refractivity contribution < 1.29 is 19.4 Å². The number of halogens is 2. The lowest BCUT2D eigenvalue weighted by Crippen LogP contribution is -2.53. The van der Waals surface area contributed by atoms with Gasteiger partial charge < -0.3 is 15.2 Å². The van der Waals surface area contributed by atoms with Gasteiger partial charge in [-0.3, -0.25) is 9.59 Å². The van der Waals surface area contributed by atoms with E-state index in [9.17, 15) is 9.59 Å². The lowest BCUT2D eigenvalue weighted by molar-refractivity contribution is -0.139. The van der Waals surface area contributed by atoms with Gasteiger partial charge in [-0.15, -0.1) is 11.3 Å². The topological polar surface area (TPSA) is 75.6 Å². The van der Waals surface area contributed by atoms with E-state index in [2.05, 4.69) is 5.32 Å². The van der Waals surface area contributed by atoms with Crippen LogP contribution in [0.15, 0.2) is 6.07 Å². The third kappa shape index (κ3) is 3.63. The highest BCUT2D eigenvalue weighted by Gasteiger charge is 2.37. The van der Waals surface area contributed by atoms with E-state index in [-0.39, 0.29) is 12.0 Å². The van der Waals surface area contributed by atoms with Crippen LogP contribution in [0, 0.1) is 0 Å². The molecule has 1 aliphatic rings. The second kappa shape index (κ2) is 6.30. The van der Waals surface area contributed by atoms with E-state index >= 15 is 0 Å². The molecule has 0 atom stereocenters. The predicted octanol–water partition coefficient (Wildman–Crippen LogP) is 2.81. The van der Waals surface area contributed by atoms with E-state index < -0.39 is 17.4 Å². The van der Waals surface area contributed by atoms with Gasteiger partial charge in [0.25, 0.3) is 5.91 Å². The molecule has 0 saturated carbocycles. The summed E-state index contributed by atoms with van der Waals surface area (Å²) in [4.78, 5) is 23.3. The van der Waals surface area contributed by atoms with Gasteiger partial charge in [0, 0.05) is 13.2 Å². The standard InChI is InChI=1S/C12H13Cl2NO4S/c13-8-5-7(10(14)20-8)11(18)15-12(6-9(16)17)1-3-19-4-2-12/h5H,1-4,6H2,(H,15,18)(H,16,17). The van der Waals surface area contributed by atoms with E-state index in [0.717, 1.165) is 11.3 Å². The Bertz CT molecular complexity index is 526. The van der Waals surface area contributed by atoms with Crippen LogP contribution in [0.3, 0.4) is 0 Å². The molecule has 1 fully saturated rings. The number of carboxylic acids is 1. The minimum atomic E-state index is -0.957. The maximum atomic E-state index is 12.3. The van der Waals surface area contributed by atoms with Gasteiger partial charge in [0.2, 0.25) is 0 Å². The van der Waals surface area contributed by atoms with E-state index in [1.807, 2.05) is 0 Å². The highest BCUT2D eigenvalue weighted by Crippen LogP contribution is 2.32. The van der Waals surface area contributed by atoms with Crippen molar-refractivity contribution in [2.24, 2.45) is 0 Å². The Morgan fingerprint density at radius 3 is 2.55 bits per heavy atom. The second-order valence-electron chi connectivity index (χ2n) is 4.66. The lowest BCUT2D eigenvalue weighted by Gasteiger charge is -2.36. The van der Waals surface area contributed by atoms with Crippen LogP contribution in [0.4, 0.5) is 0 Å². The number of ether oxygens (including phenoxy) is 1. The van der Waals surface area contributed by atoms with Crippen molar-refractivity contribution in [2.75, 3.05) is 13.2 Å². The smallest absolute Gasteiger partial charge is 0.305 e. The number of carbonyl (C=O) groups excluding carboxylic acids is 1. The molecule has 0 aromatic carbocycles. The summed E-state index contributed by atoms with van der Waals surface area (Å²) in [6.45, 7) is 0.845. The molecule has 0 aliphatic carbocycles. The third-order valence-corrected chi connectivity index (χ3v) is 4.71. The fraction of sp³-hybridized carbons (Fsp3) is 0.500. The van der Waals surface area contributed by atoms with Crippen LogP contribution in [0.5, 0.6) is 0 Å². The van der Waals surface area contributed by atoms with Gasteiger partial charge in [-0.2, -0.15) is 0 Å². The van der Waals surface area contributed by atoms with Crippen LogP contribution in [0.2, 0.25) is 8.67 Å². The first-order valence-electron chi connectivity index (χ1n) is 5.99. The van der Waals surface area contributed by atoms with E-state index in [1.54, 1.807) is 0 Å². The number of carbonyl (C=O) groups is 2. The molecule has 1 aromatic heterocycles. The Morgan fingerprint density at radius 1 is 1.40 bits per heavy atom. The highest BCUT2D eigenvalue weighted by molar-refractivity contribution is 7.20. The number of hydrogen-bond donors (Lipinski definition) is 2. The SMILES string of the molecule is O=C(O)CC1(NC(=O)c2cc(Cl)sc2Cl)CCOCC1. The minimum Gasteiger partial charge on any atom is -0.481 e. The van der Waals surface area contributed by atoms with Crippen molar-refractivity contribution in [1.29, 1.82) is 0 Å². The molecule has 0 unspecified atom stereocenters. The quantitative estimate of drug-likeness (QED) is 0.885. The van der Waals surface area contributed by atoms with E-state index in [0.29, 0.717) is 34.7 Å². The summed E-state index contributed by atoms with van der Waals surface area (Å²) in [5, 5.41) is 11.8. The number of nitrogens with one attached hydrogen (secondary N) is 1. The molecule has 1 aromatic rings. The molecule has 5 nitrogen and oxygen atoms in total. The summed E-state index contributed by atoms with van der Waals surface area (Å²) in [5.41, 5.74) is -0.517. The fourth-order valence-electron chi connectivity index (χ4n) is 2.20. The van der Waals surface area contributed by atoms with Gasteiger partial charge in [-0.05, 0) is 18.9 Å². The number of amides is 1.